The van der Waals surface area contributed by atoms with E-state index in [2.05, 4.69) is 48.5 Å². The van der Waals surface area contributed by atoms with E-state index in [0.717, 1.165) is 37.2 Å². The Kier molecular flexibility index (Phi) is 11.5. The summed E-state index contributed by atoms with van der Waals surface area (Å²) in [5, 5.41) is -1.26. The van der Waals surface area contributed by atoms with Gasteiger partial charge < -0.3 is 0 Å². The zero-order valence-electron chi connectivity index (χ0n) is 16.4. The Hall–Kier alpha value is -1.29. The van der Waals surface area contributed by atoms with Crippen molar-refractivity contribution in [2.75, 3.05) is 0 Å². The average Bonchev–Trinajstić information content (AvgIpc) is 2.70. The van der Waals surface area contributed by atoms with Gasteiger partial charge in [0.15, 0.2) is 10.6 Å². The van der Waals surface area contributed by atoms with Gasteiger partial charge in [-0.1, -0.05) is 71.7 Å². The molecule has 0 unspecified atom stereocenters. The fourth-order valence-electron chi connectivity index (χ4n) is 3.16. The van der Waals surface area contributed by atoms with Gasteiger partial charge in [-0.2, -0.15) is 20.5 Å². The molecule has 5 heteroatoms. The van der Waals surface area contributed by atoms with Crippen LogP contribution >= 0.6 is 35.0 Å². The number of hydrogen-bond acceptors (Lipinski definition) is 1. The molecule has 0 N–H and O–H groups in total. The van der Waals surface area contributed by atoms with Crippen LogP contribution < -0.4 is 0 Å². The molecule has 2 aromatic rings. The van der Waals surface area contributed by atoms with Crippen LogP contribution in [-0.2, 0) is 24.3 Å². The van der Waals surface area contributed by atoms with Gasteiger partial charge in [0.2, 0.25) is 0 Å². The van der Waals surface area contributed by atoms with E-state index < -0.39 is 10.6 Å². The highest BCUT2D eigenvalue weighted by molar-refractivity contribution is 7.97. The maximum Gasteiger partial charge on any atom is 0.185 e. The number of unbranched alkanes of at least 4 members (excludes halogenated alkanes) is 2. The molecule has 29 heavy (non-hydrogen) atoms. The van der Waals surface area contributed by atoms with Gasteiger partial charge in [-0.25, -0.2) is 0 Å². The topological polar surface area (TPSA) is 0 Å². The Labute approximate surface area is 187 Å². The van der Waals surface area contributed by atoms with Gasteiger partial charge in [0.25, 0.3) is 0 Å². The van der Waals surface area contributed by atoms with Gasteiger partial charge in [-0.05, 0) is 72.9 Å². The monoisotopic (exact) mass is 454 g/mol. The number of aryl methyl sites for hydroxylation is 2. The number of allylic oxidation sites excluding steroid dienone is 2. The highest BCUT2D eigenvalue weighted by atomic mass is 35.5. The van der Waals surface area contributed by atoms with E-state index >= 15 is 0 Å². The molecule has 2 rings (SSSR count). The molecule has 0 aliphatic heterocycles. The highest BCUT2D eigenvalue weighted by Gasteiger charge is 2.05. The molecule has 0 atom stereocenters. The molecule has 156 valence electrons. The van der Waals surface area contributed by atoms with Crippen LogP contribution in [0.3, 0.4) is 0 Å². The van der Waals surface area contributed by atoms with Crippen LogP contribution in [0.1, 0.15) is 47.9 Å². The molecule has 0 aliphatic rings. The first-order valence-corrected chi connectivity index (χ1v) is 11.7. The van der Waals surface area contributed by atoms with Crippen molar-refractivity contribution in [1.29, 1.82) is 0 Å². The lowest BCUT2D eigenvalue weighted by atomic mass is 10.0. The second-order valence-electron chi connectivity index (χ2n) is 6.80. The minimum absolute atomic E-state index is 0.628. The van der Waals surface area contributed by atoms with Crippen molar-refractivity contribution in [3.8, 4) is 0 Å². The van der Waals surface area contributed by atoms with Gasteiger partial charge >= 0.3 is 0 Å². The molecule has 0 spiro atoms. The summed E-state index contributed by atoms with van der Waals surface area (Å²) in [6, 6.07) is 16.9. The van der Waals surface area contributed by atoms with Crippen molar-refractivity contribution < 1.29 is 8.78 Å². The highest BCUT2D eigenvalue weighted by Crippen LogP contribution is 2.24. The number of hydrogen-bond donors (Lipinski definition) is 0. The van der Waals surface area contributed by atoms with E-state index in [9.17, 15) is 8.78 Å². The molecule has 0 fully saturated rings. The van der Waals surface area contributed by atoms with Gasteiger partial charge in [-0.3, -0.25) is 0 Å². The summed E-state index contributed by atoms with van der Waals surface area (Å²) in [6.07, 6.45) is 7.72. The largest absolute Gasteiger partial charge is 0.194 e. The quantitative estimate of drug-likeness (QED) is 0.288. The molecule has 0 amide bonds. The minimum Gasteiger partial charge on any atom is -0.194 e. The van der Waals surface area contributed by atoms with Crippen LogP contribution in [0.25, 0.3) is 0 Å². The fourth-order valence-corrected chi connectivity index (χ4v) is 4.49. The van der Waals surface area contributed by atoms with Gasteiger partial charge in [0.1, 0.15) is 0 Å². The van der Waals surface area contributed by atoms with Crippen molar-refractivity contribution in [1.82, 2.24) is 0 Å². The molecule has 2 aromatic carbocycles. The average molecular weight is 455 g/mol. The smallest absolute Gasteiger partial charge is 0.185 e. The second kappa shape index (κ2) is 13.8. The second-order valence-corrected chi connectivity index (χ2v) is 8.51. The summed E-state index contributed by atoms with van der Waals surface area (Å²) >= 11 is 12.4. The van der Waals surface area contributed by atoms with Crippen molar-refractivity contribution >= 4 is 35.0 Å². The van der Waals surface area contributed by atoms with Crippen LogP contribution in [0, 0.1) is 0 Å². The third-order valence-electron chi connectivity index (χ3n) is 4.65. The van der Waals surface area contributed by atoms with E-state index in [1.54, 1.807) is 0 Å². The van der Waals surface area contributed by atoms with Gasteiger partial charge in [0, 0.05) is 11.5 Å². The maximum absolute atomic E-state index is 12.6. The summed E-state index contributed by atoms with van der Waals surface area (Å²) in [6.45, 7) is 0. The van der Waals surface area contributed by atoms with E-state index in [1.807, 2.05) is 11.8 Å². The molecule has 0 saturated heterocycles. The first-order valence-electron chi connectivity index (χ1n) is 9.80. The van der Waals surface area contributed by atoms with Crippen LogP contribution in [0.4, 0.5) is 8.78 Å². The third-order valence-corrected chi connectivity index (χ3v) is 5.99. The zero-order chi connectivity index (χ0) is 20.9. The summed E-state index contributed by atoms with van der Waals surface area (Å²) < 4.78 is 25.2. The number of rotatable bonds is 12. The Bertz CT molecular complexity index is 743. The molecule has 0 heterocycles. The molecule has 0 bridgehead atoms. The van der Waals surface area contributed by atoms with E-state index in [1.165, 1.54) is 34.4 Å². The predicted molar refractivity (Wildman–Crippen MR) is 124 cm³/mol. The van der Waals surface area contributed by atoms with Crippen LogP contribution in [0.2, 0.25) is 0 Å². The summed E-state index contributed by atoms with van der Waals surface area (Å²) in [7, 11) is 0. The molecule has 0 aromatic heterocycles. The summed E-state index contributed by atoms with van der Waals surface area (Å²) in [4.78, 5) is 0. The Morgan fingerprint density at radius 3 is 1.45 bits per heavy atom. The van der Waals surface area contributed by atoms with Crippen molar-refractivity contribution in [3.63, 3.8) is 0 Å². The van der Waals surface area contributed by atoms with Gasteiger partial charge in [0.05, 0.1) is 0 Å². The maximum atomic E-state index is 12.6. The molecule has 0 saturated carbocycles. The lowest BCUT2D eigenvalue weighted by Crippen LogP contribution is -1.95. The summed E-state index contributed by atoms with van der Waals surface area (Å²) in [5.41, 5.74) is 5.28. The Morgan fingerprint density at radius 2 is 1.07 bits per heavy atom. The number of halogens is 4. The standard InChI is InChI=1S/C24H26Cl2F2S/c25-23(27)15-7-5-11-19-9-1-3-13-21(19)17-29-18-22-14-4-2-10-20(22)12-6-8-16-24(26)28/h1-4,9-10,13-16H,5-8,11-12,17-18H2/b23-15+,24-16+. The van der Waals surface area contributed by atoms with Crippen molar-refractivity contribution in [3.05, 3.63) is 93.5 Å². The van der Waals surface area contributed by atoms with Crippen LogP contribution in [-0.4, -0.2) is 0 Å². The SMILES string of the molecule is F/C(Cl)=C/CCCc1ccccc1CSCc1ccccc1CCC/C=C(/F)Cl. The molecule has 0 radical (unpaired) electrons. The first kappa shape index (κ1) is 24.0. The van der Waals surface area contributed by atoms with Crippen molar-refractivity contribution in [2.45, 2.75) is 50.0 Å². The fraction of sp³-hybridized carbons (Fsp3) is 0.333. The van der Waals surface area contributed by atoms with E-state index in [-0.39, 0.29) is 0 Å². The third kappa shape index (κ3) is 9.84. The molecular weight excluding hydrogens is 429 g/mol. The van der Waals surface area contributed by atoms with E-state index in [4.69, 9.17) is 23.2 Å². The lowest BCUT2D eigenvalue weighted by Gasteiger charge is -2.11. The number of benzene rings is 2. The van der Waals surface area contributed by atoms with E-state index in [0.29, 0.717) is 12.8 Å². The zero-order valence-corrected chi connectivity index (χ0v) is 18.7. The predicted octanol–water partition coefficient (Wildman–Crippen LogP) is 8.86. The van der Waals surface area contributed by atoms with Crippen LogP contribution in [0.5, 0.6) is 0 Å². The lowest BCUT2D eigenvalue weighted by molar-refractivity contribution is 0.682. The minimum atomic E-state index is -0.628. The number of thioether (sulfide) groups is 1. The Morgan fingerprint density at radius 1 is 0.690 bits per heavy atom. The van der Waals surface area contributed by atoms with Crippen LogP contribution in [0.15, 0.2) is 71.3 Å². The first-order chi connectivity index (χ1) is 14.1. The molecular formula is C24H26Cl2F2S. The normalized spacial score (nSPS) is 12.4. The molecule has 0 aliphatic carbocycles. The molecule has 0 nitrogen and oxygen atoms in total. The van der Waals surface area contributed by atoms with Gasteiger partial charge in [-0.15, -0.1) is 0 Å². The summed E-state index contributed by atoms with van der Waals surface area (Å²) in [5.74, 6) is 1.87. The van der Waals surface area contributed by atoms with Crippen molar-refractivity contribution in [2.24, 2.45) is 0 Å². The Balaban J connectivity index is 1.87.